The number of rotatable bonds is 4. The van der Waals surface area contributed by atoms with Gasteiger partial charge in [0.1, 0.15) is 10.7 Å². The summed E-state index contributed by atoms with van der Waals surface area (Å²) in [7, 11) is -4.21. The van der Waals surface area contributed by atoms with Crippen molar-refractivity contribution in [3.8, 4) is 0 Å². The van der Waals surface area contributed by atoms with E-state index in [2.05, 4.69) is 5.32 Å². The molecular formula is C22H17Cl2FN2O3S. The Kier molecular flexibility index (Phi) is 5.92. The Bertz CT molecular complexity index is 1280. The van der Waals surface area contributed by atoms with Crippen LogP contribution in [0.5, 0.6) is 0 Å². The number of hydrogen-bond acceptors (Lipinski definition) is 3. The number of nitrogens with zero attached hydrogens (tertiary/aromatic N) is 1. The molecule has 0 radical (unpaired) electrons. The highest BCUT2D eigenvalue weighted by Gasteiger charge is 2.31. The van der Waals surface area contributed by atoms with Crippen molar-refractivity contribution in [3.05, 3.63) is 87.7 Å². The van der Waals surface area contributed by atoms with E-state index >= 15 is 0 Å². The predicted octanol–water partition coefficient (Wildman–Crippen LogP) is 5.53. The van der Waals surface area contributed by atoms with E-state index in [1.807, 2.05) is 12.1 Å². The number of amides is 1. The summed E-state index contributed by atoms with van der Waals surface area (Å²) in [5.41, 5.74) is 1.78. The third kappa shape index (κ3) is 4.26. The van der Waals surface area contributed by atoms with E-state index in [1.165, 1.54) is 22.5 Å². The number of fused-ring (bicyclic) bond motifs is 1. The van der Waals surface area contributed by atoms with Gasteiger partial charge < -0.3 is 5.32 Å². The molecule has 0 aromatic heterocycles. The first-order valence-corrected chi connectivity index (χ1v) is 11.6. The van der Waals surface area contributed by atoms with Crippen LogP contribution in [0.4, 0.5) is 15.8 Å². The van der Waals surface area contributed by atoms with E-state index in [4.69, 9.17) is 23.2 Å². The lowest BCUT2D eigenvalue weighted by atomic mass is 10.0. The smallest absolute Gasteiger partial charge is 0.267 e. The second-order valence-corrected chi connectivity index (χ2v) is 9.68. The van der Waals surface area contributed by atoms with Crippen molar-refractivity contribution in [2.24, 2.45) is 0 Å². The molecule has 1 aliphatic rings. The molecule has 0 bridgehead atoms. The average Bonchev–Trinajstić information content (AvgIpc) is 2.76. The number of anilines is 2. The van der Waals surface area contributed by atoms with Crippen LogP contribution >= 0.6 is 23.2 Å². The fraction of sp³-hybridized carbons (Fsp3) is 0.136. The van der Waals surface area contributed by atoms with Crippen molar-refractivity contribution >= 4 is 50.5 Å². The van der Waals surface area contributed by atoms with Gasteiger partial charge in [0.15, 0.2) is 0 Å². The summed E-state index contributed by atoms with van der Waals surface area (Å²) >= 11 is 11.8. The summed E-state index contributed by atoms with van der Waals surface area (Å²) in [5.74, 6) is -1.52. The monoisotopic (exact) mass is 478 g/mol. The second-order valence-electron chi connectivity index (χ2n) is 7.04. The Hall–Kier alpha value is -2.61. The Balaban J connectivity index is 1.68. The fourth-order valence-electron chi connectivity index (χ4n) is 3.49. The lowest BCUT2D eigenvalue weighted by Gasteiger charge is -2.30. The number of carbonyl (C=O) groups excluding carboxylic acids is 1. The third-order valence-corrected chi connectivity index (χ3v) is 7.57. The Labute approximate surface area is 189 Å². The highest BCUT2D eigenvalue weighted by atomic mass is 35.5. The predicted molar refractivity (Wildman–Crippen MR) is 120 cm³/mol. The maximum atomic E-state index is 14.6. The van der Waals surface area contributed by atoms with E-state index in [0.29, 0.717) is 22.8 Å². The number of halogens is 3. The van der Waals surface area contributed by atoms with E-state index in [-0.39, 0.29) is 17.1 Å². The van der Waals surface area contributed by atoms with Crippen molar-refractivity contribution in [2.45, 2.75) is 17.7 Å². The van der Waals surface area contributed by atoms with Crippen molar-refractivity contribution in [2.75, 3.05) is 16.2 Å². The van der Waals surface area contributed by atoms with E-state index in [1.54, 1.807) is 18.2 Å². The number of para-hydroxylation sites is 1. The molecule has 0 spiro atoms. The van der Waals surface area contributed by atoms with Crippen LogP contribution in [-0.4, -0.2) is 20.9 Å². The summed E-state index contributed by atoms with van der Waals surface area (Å²) in [6, 6.07) is 14.9. The lowest BCUT2D eigenvalue weighted by molar-refractivity contribution is 0.102. The first-order valence-electron chi connectivity index (χ1n) is 9.44. The summed E-state index contributed by atoms with van der Waals surface area (Å²) in [4.78, 5) is 12.1. The zero-order valence-corrected chi connectivity index (χ0v) is 18.4. The van der Waals surface area contributed by atoms with Gasteiger partial charge in [-0.1, -0.05) is 41.4 Å². The Morgan fingerprint density at radius 3 is 2.55 bits per heavy atom. The summed E-state index contributed by atoms with van der Waals surface area (Å²) in [6.45, 7) is 0.235. The van der Waals surface area contributed by atoms with Crippen molar-refractivity contribution in [1.82, 2.24) is 0 Å². The number of benzene rings is 3. The molecule has 9 heteroatoms. The van der Waals surface area contributed by atoms with Crippen LogP contribution in [0.1, 0.15) is 22.3 Å². The topological polar surface area (TPSA) is 66.5 Å². The zero-order valence-electron chi connectivity index (χ0n) is 16.1. The van der Waals surface area contributed by atoms with Gasteiger partial charge in [0, 0.05) is 17.8 Å². The molecular weight excluding hydrogens is 462 g/mol. The average molecular weight is 479 g/mol. The zero-order chi connectivity index (χ0) is 22.2. The van der Waals surface area contributed by atoms with Gasteiger partial charge >= 0.3 is 0 Å². The van der Waals surface area contributed by atoms with Crippen LogP contribution in [0.25, 0.3) is 0 Å². The summed E-state index contributed by atoms with van der Waals surface area (Å²) in [6.07, 6.45) is 1.37. The molecule has 0 fully saturated rings. The molecule has 1 N–H and O–H groups in total. The van der Waals surface area contributed by atoms with Gasteiger partial charge in [-0.3, -0.25) is 9.10 Å². The molecule has 3 aromatic carbocycles. The van der Waals surface area contributed by atoms with Gasteiger partial charge in [-0.05, 0) is 60.9 Å². The quantitative estimate of drug-likeness (QED) is 0.536. The van der Waals surface area contributed by atoms with Gasteiger partial charge in [-0.15, -0.1) is 0 Å². The number of carbonyl (C=O) groups is 1. The molecule has 0 atom stereocenters. The van der Waals surface area contributed by atoms with Gasteiger partial charge in [0.2, 0.25) is 0 Å². The van der Waals surface area contributed by atoms with Crippen LogP contribution in [0, 0.1) is 5.82 Å². The lowest BCUT2D eigenvalue weighted by Crippen LogP contribution is -2.36. The van der Waals surface area contributed by atoms with E-state index in [0.717, 1.165) is 24.1 Å². The second kappa shape index (κ2) is 8.49. The maximum absolute atomic E-state index is 14.6. The fourth-order valence-corrected chi connectivity index (χ4v) is 5.42. The van der Waals surface area contributed by atoms with E-state index in [9.17, 15) is 17.6 Å². The van der Waals surface area contributed by atoms with Crippen LogP contribution in [0.15, 0.2) is 65.6 Å². The molecule has 0 unspecified atom stereocenters. The molecule has 1 aliphatic heterocycles. The van der Waals surface area contributed by atoms with Gasteiger partial charge in [0.05, 0.1) is 15.7 Å². The maximum Gasteiger partial charge on any atom is 0.267 e. The number of aryl methyl sites for hydroxylation is 1. The standard InChI is InChI=1S/C22H17Cl2FN2O3S/c23-17-9-8-16(13-18(17)24)26-22(28)15-7-10-19(25)21(12-15)31(29,30)27-11-3-5-14-4-1-2-6-20(14)27/h1-2,4,6-10,12-13H,3,5,11H2,(H,26,28). The highest BCUT2D eigenvalue weighted by molar-refractivity contribution is 7.92. The minimum atomic E-state index is -4.21. The first kappa shape index (κ1) is 21.6. The molecule has 160 valence electrons. The largest absolute Gasteiger partial charge is 0.322 e. The van der Waals surface area contributed by atoms with Gasteiger partial charge in [-0.25, -0.2) is 12.8 Å². The SMILES string of the molecule is O=C(Nc1ccc(Cl)c(Cl)c1)c1ccc(F)c(S(=O)(=O)N2CCCc3ccccc32)c1. The van der Waals surface area contributed by atoms with Gasteiger partial charge in [0.25, 0.3) is 15.9 Å². The normalized spacial score (nSPS) is 13.6. The molecule has 31 heavy (non-hydrogen) atoms. The van der Waals surface area contributed by atoms with Crippen molar-refractivity contribution in [1.29, 1.82) is 0 Å². The van der Waals surface area contributed by atoms with Crippen LogP contribution < -0.4 is 9.62 Å². The van der Waals surface area contributed by atoms with Crippen LogP contribution in [-0.2, 0) is 16.4 Å². The van der Waals surface area contributed by atoms with Crippen molar-refractivity contribution < 1.29 is 17.6 Å². The molecule has 0 aliphatic carbocycles. The molecule has 1 amide bonds. The molecule has 3 aromatic rings. The summed E-state index contributed by atoms with van der Waals surface area (Å²) < 4.78 is 42.4. The van der Waals surface area contributed by atoms with Crippen LogP contribution in [0.2, 0.25) is 10.0 Å². The molecule has 0 saturated carbocycles. The third-order valence-electron chi connectivity index (χ3n) is 5.01. The minimum Gasteiger partial charge on any atom is -0.322 e. The number of nitrogens with one attached hydrogen (secondary N) is 1. The highest BCUT2D eigenvalue weighted by Crippen LogP contribution is 2.33. The minimum absolute atomic E-state index is 0.00339. The Morgan fingerprint density at radius 2 is 1.77 bits per heavy atom. The first-order chi connectivity index (χ1) is 14.8. The molecule has 1 heterocycles. The van der Waals surface area contributed by atoms with Crippen LogP contribution in [0.3, 0.4) is 0 Å². The van der Waals surface area contributed by atoms with Crippen molar-refractivity contribution in [3.63, 3.8) is 0 Å². The molecule has 4 rings (SSSR count). The molecule has 0 saturated heterocycles. The summed E-state index contributed by atoms with van der Waals surface area (Å²) in [5, 5.41) is 3.19. The number of sulfonamides is 1. The molecule has 5 nitrogen and oxygen atoms in total. The van der Waals surface area contributed by atoms with Gasteiger partial charge in [-0.2, -0.15) is 0 Å². The van der Waals surface area contributed by atoms with E-state index < -0.39 is 26.6 Å². The Morgan fingerprint density at radius 1 is 1.00 bits per heavy atom. The number of hydrogen-bond donors (Lipinski definition) is 1.